The molecule has 3 aromatic rings. The quantitative estimate of drug-likeness (QED) is 0.779. The lowest BCUT2D eigenvalue weighted by molar-refractivity contribution is 0.100. The largest absolute Gasteiger partial charge is 0.496 e. The third-order valence-corrected chi connectivity index (χ3v) is 3.95. The number of hydrogen-bond acceptors (Lipinski definition) is 3. The third-order valence-electron chi connectivity index (χ3n) is 3.95. The summed E-state index contributed by atoms with van der Waals surface area (Å²) < 4.78 is 5.42. The Morgan fingerprint density at radius 3 is 2.73 bits per heavy atom. The van der Waals surface area contributed by atoms with Crippen molar-refractivity contribution in [3.63, 3.8) is 0 Å². The number of fused-ring (bicyclic) bond motifs is 1. The van der Waals surface area contributed by atoms with Crippen molar-refractivity contribution in [1.82, 2.24) is 10.2 Å². The van der Waals surface area contributed by atoms with E-state index in [1.54, 1.807) is 25.4 Å². The van der Waals surface area contributed by atoms with E-state index < -0.39 is 5.91 Å². The molecule has 22 heavy (non-hydrogen) atoms. The number of hydrogen-bond donors (Lipinski definition) is 2. The molecule has 0 aliphatic carbocycles. The number of nitrogens with zero attached hydrogens (tertiary/aromatic N) is 1. The van der Waals surface area contributed by atoms with Gasteiger partial charge in [-0.1, -0.05) is 6.07 Å². The molecule has 3 N–H and O–H groups in total. The van der Waals surface area contributed by atoms with Crippen molar-refractivity contribution < 1.29 is 9.53 Å². The number of rotatable bonds is 3. The maximum absolute atomic E-state index is 11.6. The van der Waals surface area contributed by atoms with Gasteiger partial charge in [0.05, 0.1) is 18.8 Å². The first-order valence-corrected chi connectivity index (χ1v) is 6.94. The van der Waals surface area contributed by atoms with Crippen LogP contribution in [0.25, 0.3) is 22.0 Å². The fourth-order valence-corrected chi connectivity index (χ4v) is 2.86. The van der Waals surface area contributed by atoms with Crippen LogP contribution in [0.1, 0.15) is 21.5 Å². The Morgan fingerprint density at radius 1 is 1.27 bits per heavy atom. The number of carbonyl (C=O) groups is 1. The van der Waals surface area contributed by atoms with Crippen LogP contribution in [0.3, 0.4) is 0 Å². The van der Waals surface area contributed by atoms with Crippen LogP contribution in [0.4, 0.5) is 0 Å². The Kier molecular flexibility index (Phi) is 3.33. The Morgan fingerprint density at radius 2 is 2.05 bits per heavy atom. The van der Waals surface area contributed by atoms with E-state index in [9.17, 15) is 4.79 Å². The summed E-state index contributed by atoms with van der Waals surface area (Å²) in [7, 11) is 1.65. The van der Waals surface area contributed by atoms with Crippen molar-refractivity contribution >= 4 is 16.8 Å². The molecular weight excluding hydrogens is 278 g/mol. The minimum Gasteiger partial charge on any atom is -0.496 e. The lowest BCUT2D eigenvalue weighted by Gasteiger charge is -2.15. The number of carbonyl (C=O) groups excluding carboxylic acids is 1. The van der Waals surface area contributed by atoms with Gasteiger partial charge in [0.15, 0.2) is 0 Å². The molecule has 0 saturated heterocycles. The lowest BCUT2D eigenvalue weighted by Crippen LogP contribution is -2.11. The van der Waals surface area contributed by atoms with E-state index in [2.05, 4.69) is 10.2 Å². The molecule has 0 aliphatic rings. The monoisotopic (exact) mass is 295 g/mol. The van der Waals surface area contributed by atoms with Gasteiger partial charge < -0.3 is 10.5 Å². The van der Waals surface area contributed by atoms with Crippen LogP contribution in [0.2, 0.25) is 0 Å². The highest BCUT2D eigenvalue weighted by atomic mass is 16.5. The second-order valence-electron chi connectivity index (χ2n) is 5.31. The second kappa shape index (κ2) is 5.18. The molecule has 0 atom stereocenters. The zero-order valence-electron chi connectivity index (χ0n) is 12.7. The molecule has 3 rings (SSSR count). The molecule has 0 saturated carbocycles. The van der Waals surface area contributed by atoms with E-state index >= 15 is 0 Å². The molecule has 0 radical (unpaired) electrons. The Bertz CT molecular complexity index is 881. The van der Waals surface area contributed by atoms with Crippen LogP contribution in [0, 0.1) is 13.8 Å². The van der Waals surface area contributed by atoms with Gasteiger partial charge in [-0.3, -0.25) is 9.89 Å². The van der Waals surface area contributed by atoms with Crippen molar-refractivity contribution in [2.24, 2.45) is 5.73 Å². The van der Waals surface area contributed by atoms with Crippen molar-refractivity contribution in [2.45, 2.75) is 13.8 Å². The first-order valence-electron chi connectivity index (χ1n) is 6.94. The van der Waals surface area contributed by atoms with Crippen molar-refractivity contribution in [1.29, 1.82) is 0 Å². The average molecular weight is 295 g/mol. The fourth-order valence-electron chi connectivity index (χ4n) is 2.86. The van der Waals surface area contributed by atoms with E-state index in [1.807, 2.05) is 26.0 Å². The maximum Gasteiger partial charge on any atom is 0.248 e. The number of nitrogens with one attached hydrogen (secondary N) is 1. The standard InChI is InChI=1S/C17H17N3O2/c1-9-4-5-14(22-3)10(2)15(9)13-7-11(17(18)21)6-12-8-19-20-16(12)13/h4-8H,1-3H3,(H2,18,21)(H,19,20). The van der Waals surface area contributed by atoms with Crippen LogP contribution in [-0.2, 0) is 0 Å². The molecule has 112 valence electrons. The smallest absolute Gasteiger partial charge is 0.248 e. The topological polar surface area (TPSA) is 81.0 Å². The molecular formula is C17H17N3O2. The zero-order valence-corrected chi connectivity index (χ0v) is 12.7. The molecule has 0 bridgehead atoms. The Labute approximate surface area is 128 Å². The number of ether oxygens (including phenoxy) is 1. The van der Waals surface area contributed by atoms with Crippen molar-refractivity contribution in [3.8, 4) is 16.9 Å². The normalized spacial score (nSPS) is 10.9. The van der Waals surface area contributed by atoms with E-state index in [-0.39, 0.29) is 0 Å². The van der Waals surface area contributed by atoms with Crippen molar-refractivity contribution in [3.05, 3.63) is 47.2 Å². The van der Waals surface area contributed by atoms with E-state index in [0.29, 0.717) is 5.56 Å². The molecule has 5 nitrogen and oxygen atoms in total. The number of methoxy groups -OCH3 is 1. The highest BCUT2D eigenvalue weighted by Crippen LogP contribution is 2.37. The summed E-state index contributed by atoms with van der Waals surface area (Å²) in [5.74, 6) is 0.347. The SMILES string of the molecule is COc1ccc(C)c(-c2cc(C(N)=O)cc3cn[nH]c23)c1C. The van der Waals surface area contributed by atoms with Crippen molar-refractivity contribution in [2.75, 3.05) is 7.11 Å². The van der Waals surface area contributed by atoms with Gasteiger partial charge in [0.1, 0.15) is 5.75 Å². The molecule has 5 heteroatoms. The summed E-state index contributed by atoms with van der Waals surface area (Å²) in [5, 5.41) is 7.94. The van der Waals surface area contributed by atoms with Crippen LogP contribution in [-0.4, -0.2) is 23.2 Å². The summed E-state index contributed by atoms with van der Waals surface area (Å²) in [4.78, 5) is 11.6. The highest BCUT2D eigenvalue weighted by molar-refractivity contribution is 6.03. The first kappa shape index (κ1) is 14.1. The number of benzene rings is 2. The Balaban J connectivity index is 2.39. The number of aromatic amines is 1. The van der Waals surface area contributed by atoms with Crippen LogP contribution in [0.15, 0.2) is 30.5 Å². The summed E-state index contributed by atoms with van der Waals surface area (Å²) in [6, 6.07) is 7.49. The van der Waals surface area contributed by atoms with Crippen LogP contribution < -0.4 is 10.5 Å². The molecule has 0 fully saturated rings. The molecule has 0 spiro atoms. The number of H-pyrrole nitrogens is 1. The van der Waals surface area contributed by atoms with Crippen LogP contribution >= 0.6 is 0 Å². The molecule has 0 aliphatic heterocycles. The minimum absolute atomic E-state index is 0.456. The molecule has 1 aromatic heterocycles. The minimum atomic E-state index is -0.456. The number of aryl methyl sites for hydroxylation is 1. The highest BCUT2D eigenvalue weighted by Gasteiger charge is 2.16. The van der Waals surface area contributed by atoms with Gasteiger partial charge in [-0.15, -0.1) is 0 Å². The number of amides is 1. The van der Waals surface area contributed by atoms with Gasteiger partial charge in [0, 0.05) is 16.5 Å². The third kappa shape index (κ3) is 2.11. The first-order chi connectivity index (χ1) is 10.5. The summed E-state index contributed by atoms with van der Waals surface area (Å²) in [5.41, 5.74) is 10.8. The summed E-state index contributed by atoms with van der Waals surface area (Å²) >= 11 is 0. The number of primary amides is 1. The van der Waals surface area contributed by atoms with Crippen LogP contribution in [0.5, 0.6) is 5.75 Å². The van der Waals surface area contributed by atoms with E-state index in [0.717, 1.165) is 38.9 Å². The second-order valence-corrected chi connectivity index (χ2v) is 5.31. The van der Waals surface area contributed by atoms with Gasteiger partial charge in [-0.25, -0.2) is 0 Å². The molecule has 1 heterocycles. The maximum atomic E-state index is 11.6. The average Bonchev–Trinajstić information content (AvgIpc) is 2.95. The summed E-state index contributed by atoms with van der Waals surface area (Å²) in [6.07, 6.45) is 1.69. The summed E-state index contributed by atoms with van der Waals surface area (Å²) in [6.45, 7) is 4.03. The predicted octanol–water partition coefficient (Wildman–Crippen LogP) is 2.95. The molecule has 0 unspecified atom stereocenters. The zero-order chi connectivity index (χ0) is 15.9. The van der Waals surface area contributed by atoms with Gasteiger partial charge in [0.2, 0.25) is 5.91 Å². The molecule has 2 aromatic carbocycles. The van der Waals surface area contributed by atoms with Gasteiger partial charge >= 0.3 is 0 Å². The van der Waals surface area contributed by atoms with Gasteiger partial charge in [-0.2, -0.15) is 5.10 Å². The fraction of sp³-hybridized carbons (Fsp3) is 0.176. The van der Waals surface area contributed by atoms with Gasteiger partial charge in [-0.05, 0) is 48.7 Å². The van der Waals surface area contributed by atoms with Gasteiger partial charge in [0.25, 0.3) is 0 Å². The molecule has 1 amide bonds. The number of nitrogens with two attached hydrogens (primary N) is 1. The predicted molar refractivity (Wildman–Crippen MR) is 86.1 cm³/mol. The lowest BCUT2D eigenvalue weighted by atomic mass is 9.92. The van der Waals surface area contributed by atoms with E-state index in [1.165, 1.54) is 0 Å². The Hall–Kier alpha value is -2.82. The number of aromatic nitrogens is 2. The van der Waals surface area contributed by atoms with E-state index in [4.69, 9.17) is 10.5 Å².